The van der Waals surface area contributed by atoms with Crippen molar-refractivity contribution in [2.24, 2.45) is 5.73 Å². The maximum absolute atomic E-state index is 12.9. The summed E-state index contributed by atoms with van der Waals surface area (Å²) in [5, 5.41) is 4.36. The third-order valence-corrected chi connectivity index (χ3v) is 6.25. The van der Waals surface area contributed by atoms with Gasteiger partial charge in [-0.15, -0.1) is 0 Å². The van der Waals surface area contributed by atoms with Crippen LogP contribution in [0.25, 0.3) is 22.2 Å². The second kappa shape index (κ2) is 6.90. The number of aromatic nitrogens is 1. The van der Waals surface area contributed by atoms with Crippen LogP contribution in [0, 0.1) is 0 Å². The number of rotatable bonds is 2. The summed E-state index contributed by atoms with van der Waals surface area (Å²) in [7, 11) is 0. The van der Waals surface area contributed by atoms with Crippen molar-refractivity contribution in [2.45, 2.75) is 25.4 Å². The molecule has 1 fully saturated rings. The van der Waals surface area contributed by atoms with Crippen molar-refractivity contribution >= 4 is 34.3 Å². The van der Waals surface area contributed by atoms with E-state index in [1.807, 2.05) is 41.3 Å². The van der Waals surface area contributed by atoms with Crippen LogP contribution in [-0.2, 0) is 6.54 Å². The van der Waals surface area contributed by atoms with Crippen LogP contribution in [0.5, 0.6) is 0 Å². The average molecular weight is 409 g/mol. The first-order valence-corrected chi connectivity index (χ1v) is 10.2. The Morgan fingerprint density at radius 1 is 1.14 bits per heavy atom. The number of carbonyl (C=O) groups excluding carboxylic acids is 2. The molecule has 1 saturated heterocycles. The van der Waals surface area contributed by atoms with Crippen LogP contribution in [0.15, 0.2) is 36.4 Å². The Hall–Kier alpha value is -2.83. The van der Waals surface area contributed by atoms with E-state index >= 15 is 0 Å². The molecule has 2 amide bonds. The van der Waals surface area contributed by atoms with Crippen molar-refractivity contribution in [3.05, 3.63) is 58.1 Å². The van der Waals surface area contributed by atoms with Gasteiger partial charge in [-0.1, -0.05) is 17.7 Å². The highest BCUT2D eigenvalue weighted by molar-refractivity contribution is 6.32. The minimum Gasteiger partial charge on any atom is -0.355 e. The Morgan fingerprint density at radius 3 is 2.72 bits per heavy atom. The van der Waals surface area contributed by atoms with E-state index in [9.17, 15) is 9.59 Å². The van der Waals surface area contributed by atoms with Crippen LogP contribution in [0.4, 0.5) is 0 Å². The molecule has 0 saturated carbocycles. The Bertz CT molecular complexity index is 1150. The molecular weight excluding hydrogens is 388 g/mol. The highest BCUT2D eigenvalue weighted by Gasteiger charge is 2.26. The van der Waals surface area contributed by atoms with E-state index in [0.717, 1.165) is 40.6 Å². The molecule has 0 radical (unpaired) electrons. The van der Waals surface area contributed by atoms with Gasteiger partial charge < -0.3 is 20.9 Å². The SMILES string of the molecule is NC1CCN(C(=O)c2ccc3[nH]c(-c4ccc(Cl)c5c4C(=O)NC5)cc3c2)CC1. The van der Waals surface area contributed by atoms with E-state index in [-0.39, 0.29) is 17.9 Å². The highest BCUT2D eigenvalue weighted by atomic mass is 35.5. The number of carbonyl (C=O) groups is 2. The lowest BCUT2D eigenvalue weighted by Crippen LogP contribution is -2.42. The predicted molar refractivity (Wildman–Crippen MR) is 113 cm³/mol. The van der Waals surface area contributed by atoms with Crippen molar-refractivity contribution in [2.75, 3.05) is 13.1 Å². The van der Waals surface area contributed by atoms with Gasteiger partial charge in [0.1, 0.15) is 0 Å². The summed E-state index contributed by atoms with van der Waals surface area (Å²) in [6.07, 6.45) is 1.68. The van der Waals surface area contributed by atoms with Crippen molar-refractivity contribution in [3.8, 4) is 11.3 Å². The smallest absolute Gasteiger partial charge is 0.253 e. The fraction of sp³-hybridized carbons (Fsp3) is 0.273. The molecule has 5 rings (SSSR count). The van der Waals surface area contributed by atoms with Crippen LogP contribution >= 0.6 is 11.6 Å². The molecule has 148 valence electrons. The molecule has 0 aliphatic carbocycles. The van der Waals surface area contributed by atoms with Crippen LogP contribution in [0.2, 0.25) is 5.02 Å². The van der Waals surface area contributed by atoms with E-state index in [0.29, 0.717) is 35.8 Å². The molecule has 0 bridgehead atoms. The van der Waals surface area contributed by atoms with Crippen LogP contribution in [-0.4, -0.2) is 40.8 Å². The maximum Gasteiger partial charge on any atom is 0.253 e. The minimum absolute atomic E-state index is 0.0355. The summed E-state index contributed by atoms with van der Waals surface area (Å²) < 4.78 is 0. The molecule has 2 aliphatic rings. The zero-order valence-corrected chi connectivity index (χ0v) is 16.6. The number of hydrogen-bond donors (Lipinski definition) is 3. The van der Waals surface area contributed by atoms with E-state index in [1.54, 1.807) is 0 Å². The van der Waals surface area contributed by atoms with Crippen molar-refractivity contribution in [1.82, 2.24) is 15.2 Å². The third-order valence-electron chi connectivity index (χ3n) is 5.89. The number of likely N-dealkylation sites (tertiary alicyclic amines) is 1. The second-order valence-electron chi connectivity index (χ2n) is 7.75. The number of aromatic amines is 1. The molecule has 0 spiro atoms. The number of H-pyrrole nitrogens is 1. The number of fused-ring (bicyclic) bond motifs is 2. The number of nitrogens with one attached hydrogen (secondary N) is 2. The maximum atomic E-state index is 12.9. The molecule has 3 heterocycles. The van der Waals surface area contributed by atoms with Crippen molar-refractivity contribution in [3.63, 3.8) is 0 Å². The normalized spacial score (nSPS) is 16.9. The average Bonchev–Trinajstić information content (AvgIpc) is 3.32. The quantitative estimate of drug-likeness (QED) is 0.607. The number of halogens is 1. The zero-order valence-electron chi connectivity index (χ0n) is 15.8. The number of nitrogens with two attached hydrogens (primary N) is 1. The first-order chi connectivity index (χ1) is 14.0. The van der Waals surface area contributed by atoms with Gasteiger partial charge in [-0.25, -0.2) is 0 Å². The topological polar surface area (TPSA) is 91.2 Å². The summed E-state index contributed by atoms with van der Waals surface area (Å²) in [4.78, 5) is 30.4. The summed E-state index contributed by atoms with van der Waals surface area (Å²) in [6, 6.07) is 11.5. The molecule has 2 aromatic carbocycles. The number of hydrogen-bond acceptors (Lipinski definition) is 3. The van der Waals surface area contributed by atoms with E-state index in [2.05, 4.69) is 10.3 Å². The van der Waals surface area contributed by atoms with E-state index < -0.39 is 0 Å². The number of piperidine rings is 1. The summed E-state index contributed by atoms with van der Waals surface area (Å²) in [5.41, 5.74) is 10.6. The number of amides is 2. The lowest BCUT2D eigenvalue weighted by atomic mass is 10.0. The van der Waals surface area contributed by atoms with Gasteiger partial charge in [-0.2, -0.15) is 0 Å². The number of nitrogens with zero attached hydrogens (tertiary/aromatic N) is 1. The molecule has 29 heavy (non-hydrogen) atoms. The standard InChI is InChI=1S/C22H21ClN4O2/c23-17-3-2-15(20-16(17)11-25-21(20)28)19-10-13-9-12(1-4-18(13)26-19)22(29)27-7-5-14(24)6-8-27/h1-4,9-10,14,26H,5-8,11,24H2,(H,25,28). The predicted octanol–water partition coefficient (Wildman–Crippen LogP) is 3.30. The van der Waals surface area contributed by atoms with Gasteiger partial charge in [-0.05, 0) is 43.2 Å². The molecule has 4 N–H and O–H groups in total. The molecule has 0 unspecified atom stereocenters. The Morgan fingerprint density at radius 2 is 1.93 bits per heavy atom. The van der Waals surface area contributed by atoms with Gasteiger partial charge in [0, 0.05) is 64.0 Å². The molecule has 0 atom stereocenters. The Kier molecular flexibility index (Phi) is 4.33. The van der Waals surface area contributed by atoms with E-state index in [4.69, 9.17) is 17.3 Å². The van der Waals surface area contributed by atoms with Gasteiger partial charge in [0.15, 0.2) is 0 Å². The first-order valence-electron chi connectivity index (χ1n) is 9.79. The van der Waals surface area contributed by atoms with Crippen LogP contribution in [0.3, 0.4) is 0 Å². The van der Waals surface area contributed by atoms with Gasteiger partial charge in [0.2, 0.25) is 0 Å². The van der Waals surface area contributed by atoms with Gasteiger partial charge >= 0.3 is 0 Å². The molecule has 2 aliphatic heterocycles. The highest BCUT2D eigenvalue weighted by Crippen LogP contribution is 2.34. The van der Waals surface area contributed by atoms with Crippen LogP contribution < -0.4 is 11.1 Å². The Labute approximate surface area is 173 Å². The van der Waals surface area contributed by atoms with E-state index in [1.165, 1.54) is 0 Å². The van der Waals surface area contributed by atoms with Gasteiger partial charge in [0.25, 0.3) is 11.8 Å². The fourth-order valence-corrected chi connectivity index (χ4v) is 4.46. The van der Waals surface area contributed by atoms with Crippen molar-refractivity contribution in [1.29, 1.82) is 0 Å². The summed E-state index contributed by atoms with van der Waals surface area (Å²) in [6.45, 7) is 1.84. The molecular formula is C22H21ClN4O2. The fourth-order valence-electron chi connectivity index (χ4n) is 4.23. The largest absolute Gasteiger partial charge is 0.355 e. The van der Waals surface area contributed by atoms with Gasteiger partial charge in [-0.3, -0.25) is 9.59 Å². The first kappa shape index (κ1) is 18.2. The summed E-state index contributed by atoms with van der Waals surface area (Å²) >= 11 is 6.26. The third kappa shape index (κ3) is 3.09. The van der Waals surface area contributed by atoms with Crippen LogP contribution in [0.1, 0.15) is 39.1 Å². The zero-order chi connectivity index (χ0) is 20.1. The number of benzene rings is 2. The Balaban J connectivity index is 1.51. The van der Waals surface area contributed by atoms with Gasteiger partial charge in [0.05, 0.1) is 5.56 Å². The summed E-state index contributed by atoms with van der Waals surface area (Å²) in [5.74, 6) is -0.0800. The lowest BCUT2D eigenvalue weighted by Gasteiger charge is -2.30. The minimum atomic E-state index is -0.115. The molecule has 7 heteroatoms. The molecule has 6 nitrogen and oxygen atoms in total. The second-order valence-corrected chi connectivity index (χ2v) is 8.15. The monoisotopic (exact) mass is 408 g/mol. The molecule has 3 aromatic rings. The lowest BCUT2D eigenvalue weighted by molar-refractivity contribution is 0.0714. The molecule has 1 aromatic heterocycles. The van der Waals surface area contributed by atoms with Crippen molar-refractivity contribution < 1.29 is 9.59 Å².